The molecule has 0 amide bonds. The molecule has 0 spiro atoms. The Morgan fingerprint density at radius 3 is 2.70 bits per heavy atom. The van der Waals surface area contributed by atoms with Gasteiger partial charge in [-0.1, -0.05) is 36.4 Å². The molecule has 0 atom stereocenters. The maximum atomic E-state index is 12.0. The van der Waals surface area contributed by atoms with E-state index in [2.05, 4.69) is 0 Å². The lowest BCUT2D eigenvalue weighted by molar-refractivity contribution is 0.272. The summed E-state index contributed by atoms with van der Waals surface area (Å²) in [5, 5.41) is 0.924. The van der Waals surface area contributed by atoms with Crippen molar-refractivity contribution in [2.75, 3.05) is 6.61 Å². The molecule has 0 aliphatic heterocycles. The van der Waals surface area contributed by atoms with E-state index in [0.29, 0.717) is 12.2 Å². The van der Waals surface area contributed by atoms with Crippen molar-refractivity contribution in [2.45, 2.75) is 13.8 Å². The van der Waals surface area contributed by atoms with Gasteiger partial charge >= 0.3 is 5.63 Å². The van der Waals surface area contributed by atoms with Crippen LogP contribution in [-0.4, -0.2) is 6.61 Å². The van der Waals surface area contributed by atoms with Gasteiger partial charge in [0, 0.05) is 17.0 Å². The van der Waals surface area contributed by atoms with Gasteiger partial charge in [-0.05, 0) is 42.7 Å². The van der Waals surface area contributed by atoms with E-state index < -0.39 is 0 Å². The van der Waals surface area contributed by atoms with E-state index in [9.17, 15) is 4.79 Å². The average molecular weight is 306 g/mol. The van der Waals surface area contributed by atoms with E-state index in [1.54, 1.807) is 12.3 Å². The van der Waals surface area contributed by atoms with Crippen LogP contribution in [0.1, 0.15) is 18.1 Å². The summed E-state index contributed by atoms with van der Waals surface area (Å²) >= 11 is 0. The van der Waals surface area contributed by atoms with Crippen LogP contribution in [0.5, 0.6) is 0 Å². The number of fused-ring (bicyclic) bond motifs is 1. The number of aryl methyl sites for hydroxylation is 1. The third-order valence-electron chi connectivity index (χ3n) is 3.73. The van der Waals surface area contributed by atoms with Crippen LogP contribution in [-0.2, 0) is 4.74 Å². The first-order valence-corrected chi connectivity index (χ1v) is 7.61. The summed E-state index contributed by atoms with van der Waals surface area (Å²) in [4.78, 5) is 12.0. The van der Waals surface area contributed by atoms with Crippen molar-refractivity contribution in [1.82, 2.24) is 0 Å². The van der Waals surface area contributed by atoms with Crippen LogP contribution < -0.4 is 5.63 Å². The van der Waals surface area contributed by atoms with Crippen molar-refractivity contribution >= 4 is 17.0 Å². The number of rotatable bonds is 4. The molecule has 0 aliphatic rings. The van der Waals surface area contributed by atoms with Crippen LogP contribution in [0.3, 0.4) is 0 Å². The van der Waals surface area contributed by atoms with Crippen molar-refractivity contribution in [3.63, 3.8) is 0 Å². The number of benzene rings is 2. The molecule has 23 heavy (non-hydrogen) atoms. The molecule has 3 aromatic rings. The van der Waals surface area contributed by atoms with E-state index in [0.717, 1.165) is 27.6 Å². The summed E-state index contributed by atoms with van der Waals surface area (Å²) in [5.41, 5.74) is 4.23. The zero-order valence-electron chi connectivity index (χ0n) is 13.2. The predicted molar refractivity (Wildman–Crippen MR) is 93.3 cm³/mol. The highest BCUT2D eigenvalue weighted by Gasteiger charge is 2.09. The Morgan fingerprint density at radius 1 is 1.09 bits per heavy atom. The molecule has 0 bridgehead atoms. The lowest BCUT2D eigenvalue weighted by Gasteiger charge is -2.09. The summed E-state index contributed by atoms with van der Waals surface area (Å²) in [5.74, 6) is 0. The zero-order chi connectivity index (χ0) is 16.2. The quantitative estimate of drug-likeness (QED) is 0.514. The van der Waals surface area contributed by atoms with E-state index in [1.165, 1.54) is 0 Å². The predicted octanol–water partition coefficient (Wildman–Crippen LogP) is 4.78. The standard InChI is InChI=1S/C20H18O3/c1-3-22-11-10-15-8-9-17-18(13-20(21)23-19(17)12-15)16-7-5-4-6-14(16)2/h4-13H,3H2,1-2H3/b11-10+. The van der Waals surface area contributed by atoms with Gasteiger partial charge in [0.15, 0.2) is 0 Å². The Kier molecular flexibility index (Phi) is 4.29. The van der Waals surface area contributed by atoms with E-state index >= 15 is 0 Å². The molecular formula is C20H18O3. The fourth-order valence-corrected chi connectivity index (χ4v) is 2.60. The largest absolute Gasteiger partial charge is 0.501 e. The molecule has 3 rings (SSSR count). The normalized spacial score (nSPS) is 11.2. The molecule has 0 aliphatic carbocycles. The van der Waals surface area contributed by atoms with Crippen molar-refractivity contribution in [2.24, 2.45) is 0 Å². The molecule has 2 aromatic carbocycles. The van der Waals surface area contributed by atoms with Gasteiger partial charge in [-0.15, -0.1) is 0 Å². The molecule has 3 heteroatoms. The highest BCUT2D eigenvalue weighted by molar-refractivity contribution is 5.94. The summed E-state index contributed by atoms with van der Waals surface area (Å²) in [6, 6.07) is 15.4. The highest BCUT2D eigenvalue weighted by atomic mass is 16.5. The Hall–Kier alpha value is -2.81. The van der Waals surface area contributed by atoms with Crippen LogP contribution in [0.4, 0.5) is 0 Å². The van der Waals surface area contributed by atoms with Crippen LogP contribution in [0.15, 0.2) is 64.0 Å². The van der Waals surface area contributed by atoms with Crippen LogP contribution >= 0.6 is 0 Å². The van der Waals surface area contributed by atoms with Gasteiger partial charge in [0.2, 0.25) is 0 Å². The van der Waals surface area contributed by atoms with Gasteiger partial charge in [0.1, 0.15) is 5.58 Å². The van der Waals surface area contributed by atoms with Crippen molar-refractivity contribution in [3.8, 4) is 11.1 Å². The second-order valence-electron chi connectivity index (χ2n) is 5.31. The Morgan fingerprint density at radius 2 is 1.91 bits per heavy atom. The molecule has 0 radical (unpaired) electrons. The lowest BCUT2D eigenvalue weighted by atomic mass is 9.97. The van der Waals surface area contributed by atoms with Crippen LogP contribution in [0.2, 0.25) is 0 Å². The summed E-state index contributed by atoms with van der Waals surface area (Å²) in [6.45, 7) is 4.59. The van der Waals surface area contributed by atoms with Gasteiger partial charge < -0.3 is 9.15 Å². The molecule has 116 valence electrons. The molecule has 0 saturated heterocycles. The fraction of sp³-hybridized carbons (Fsp3) is 0.150. The van der Waals surface area contributed by atoms with Gasteiger partial charge in [0.05, 0.1) is 12.9 Å². The minimum atomic E-state index is -0.346. The molecule has 0 saturated carbocycles. The Balaban J connectivity index is 2.17. The second-order valence-corrected chi connectivity index (χ2v) is 5.31. The molecule has 0 fully saturated rings. The van der Waals surface area contributed by atoms with Gasteiger partial charge in [-0.3, -0.25) is 0 Å². The van der Waals surface area contributed by atoms with Crippen molar-refractivity contribution in [3.05, 3.63) is 76.3 Å². The number of hydrogen-bond donors (Lipinski definition) is 0. The second kappa shape index (κ2) is 6.53. The topological polar surface area (TPSA) is 39.4 Å². The molecular weight excluding hydrogens is 288 g/mol. The Bertz CT molecular complexity index is 920. The number of hydrogen-bond acceptors (Lipinski definition) is 3. The third-order valence-corrected chi connectivity index (χ3v) is 3.73. The summed E-state index contributed by atoms with van der Waals surface area (Å²) < 4.78 is 10.6. The summed E-state index contributed by atoms with van der Waals surface area (Å²) in [7, 11) is 0. The average Bonchev–Trinajstić information content (AvgIpc) is 2.54. The smallest absolute Gasteiger partial charge is 0.336 e. The molecule has 1 aromatic heterocycles. The first-order chi connectivity index (χ1) is 11.2. The van der Waals surface area contributed by atoms with Gasteiger partial charge in [0.25, 0.3) is 0 Å². The number of ether oxygens (including phenoxy) is 1. The molecule has 0 unspecified atom stereocenters. The summed E-state index contributed by atoms with van der Waals surface area (Å²) in [6.07, 6.45) is 3.49. The monoisotopic (exact) mass is 306 g/mol. The maximum Gasteiger partial charge on any atom is 0.336 e. The zero-order valence-corrected chi connectivity index (χ0v) is 13.2. The lowest BCUT2D eigenvalue weighted by Crippen LogP contribution is -1.99. The van der Waals surface area contributed by atoms with E-state index in [-0.39, 0.29) is 5.63 Å². The fourth-order valence-electron chi connectivity index (χ4n) is 2.60. The van der Waals surface area contributed by atoms with Crippen molar-refractivity contribution < 1.29 is 9.15 Å². The highest BCUT2D eigenvalue weighted by Crippen LogP contribution is 2.30. The first kappa shape index (κ1) is 15.1. The van der Waals surface area contributed by atoms with Gasteiger partial charge in [-0.25, -0.2) is 4.79 Å². The molecule has 3 nitrogen and oxygen atoms in total. The minimum absolute atomic E-state index is 0.346. The van der Waals surface area contributed by atoms with E-state index in [1.807, 2.05) is 62.4 Å². The molecule has 1 heterocycles. The van der Waals surface area contributed by atoms with Crippen LogP contribution in [0, 0.1) is 6.92 Å². The van der Waals surface area contributed by atoms with Gasteiger partial charge in [-0.2, -0.15) is 0 Å². The van der Waals surface area contributed by atoms with Crippen molar-refractivity contribution in [1.29, 1.82) is 0 Å². The molecule has 0 N–H and O–H groups in total. The van der Waals surface area contributed by atoms with Crippen LogP contribution in [0.25, 0.3) is 28.2 Å². The maximum absolute atomic E-state index is 12.0. The third kappa shape index (κ3) is 3.19. The SMILES string of the molecule is CCO/C=C/c1ccc2c(-c3ccccc3C)cc(=O)oc2c1. The van der Waals surface area contributed by atoms with E-state index in [4.69, 9.17) is 9.15 Å². The first-order valence-electron chi connectivity index (χ1n) is 7.61. The Labute approximate surface area is 134 Å². The minimum Gasteiger partial charge on any atom is -0.501 e.